The van der Waals surface area contributed by atoms with Crippen molar-refractivity contribution >= 4 is 81.1 Å². The maximum Gasteiger partial charge on any atom is 0.349 e. The molecule has 12 N–H and O–H groups in total. The molecule has 0 bridgehead atoms. The molecular weight excluding hydrogens is 1050 g/mol. The van der Waals surface area contributed by atoms with Crippen LogP contribution in [0.3, 0.4) is 0 Å². The minimum atomic E-state index is -1.38. The van der Waals surface area contributed by atoms with E-state index >= 15 is 0 Å². The Labute approximate surface area is 444 Å². The lowest BCUT2D eigenvalue weighted by atomic mass is 10.0. The molecule has 0 saturated heterocycles. The summed E-state index contributed by atoms with van der Waals surface area (Å²) in [6.45, 7) is 3.60. The number of carboxylic acids is 2. The molecular formula is C50H40N16O14. The normalized spacial score (nSPS) is 11.8. The van der Waals surface area contributed by atoms with Crippen molar-refractivity contribution < 1.29 is 57.4 Å². The average Bonchev–Trinajstić information content (AvgIpc) is 4.27. The number of nitrogens with one attached hydrogen (secondary N) is 6. The molecule has 10 aromatic rings. The van der Waals surface area contributed by atoms with E-state index in [1.165, 1.54) is 48.5 Å². The summed E-state index contributed by atoms with van der Waals surface area (Å²) in [7, 11) is 0. The van der Waals surface area contributed by atoms with E-state index in [0.29, 0.717) is 39.5 Å². The number of primary amides is 2. The highest BCUT2D eigenvalue weighted by Crippen LogP contribution is 2.21. The summed E-state index contributed by atoms with van der Waals surface area (Å²) in [4.78, 5) is 140. The van der Waals surface area contributed by atoms with Crippen LogP contribution in [0.5, 0.6) is 0 Å². The number of fused-ring (bicyclic) bond motifs is 4. The van der Waals surface area contributed by atoms with E-state index in [4.69, 9.17) is 30.5 Å². The summed E-state index contributed by atoms with van der Waals surface area (Å²) in [5, 5.41) is 40.2. The highest BCUT2D eigenvalue weighted by molar-refractivity contribution is 6.01. The Kier molecular flexibility index (Phi) is 14.5. The summed E-state index contributed by atoms with van der Waals surface area (Å²) >= 11 is 0. The zero-order valence-corrected chi connectivity index (χ0v) is 41.3. The summed E-state index contributed by atoms with van der Waals surface area (Å²) < 4.78 is 12.6. The highest BCUT2D eigenvalue weighted by atomic mass is 16.4. The first kappa shape index (κ1) is 53.1. The fraction of sp³-hybridized carbons (Fsp3) is 0.120. The molecule has 0 fully saturated rings. The van der Waals surface area contributed by atoms with E-state index in [9.17, 15) is 47.9 Å². The van der Waals surface area contributed by atoms with Crippen LogP contribution in [0.2, 0.25) is 0 Å². The van der Waals surface area contributed by atoms with Gasteiger partial charge in [0, 0.05) is 26.9 Å². The number of hydrogen-bond donors (Lipinski definition) is 10. The molecule has 2 atom stereocenters. The standard InChI is InChI=1S/2C25H20N8O7/c1-11-28-15-8-12(2-7-18(15)40-11)10-27-22(36)17-9-16(29-24-31-32-25(39)33(17)24)21(35)30-19(20(26)34)13-3-5-14(6-4-13)23(37)38;1-11-28-15-8-12(2-7-18(15)40-11)10-27-21(35)16-9-17(33-24(29-16)31-32-25(33)39)22(36)30-19(20(26)34)13-3-5-14(6-4-13)23(37)38/h2-9,19H,10H2,1H3,(H2,26,34)(H,27,36)(H,30,35)(H,32,39)(H,37,38);2-9,19H,10H2,1H3,(H2,26,34)(H,27,35)(H,30,36)(H,32,39)(H,37,38)/t2*19-/m11/s1. The van der Waals surface area contributed by atoms with Crippen LogP contribution in [0.4, 0.5) is 0 Å². The zero-order chi connectivity index (χ0) is 57.1. The lowest BCUT2D eigenvalue weighted by Crippen LogP contribution is -2.39. The number of carbonyl (C=O) groups excluding carboxylic acids is 6. The number of rotatable bonds is 16. The topological polar surface area (TPSA) is 455 Å². The van der Waals surface area contributed by atoms with Gasteiger partial charge >= 0.3 is 23.3 Å². The molecule has 30 heteroatoms. The first-order chi connectivity index (χ1) is 38.2. The molecule has 80 heavy (non-hydrogen) atoms. The summed E-state index contributed by atoms with van der Waals surface area (Å²) in [6.07, 6.45) is 0. The fourth-order valence-electron chi connectivity index (χ4n) is 8.02. The molecule has 0 aliphatic heterocycles. The molecule has 0 aliphatic rings. The number of hydrogen-bond acceptors (Lipinski definition) is 18. The second kappa shape index (κ2) is 21.9. The number of aryl methyl sites for hydroxylation is 2. The molecule has 10 rings (SSSR count). The number of aromatic nitrogens is 10. The minimum Gasteiger partial charge on any atom is -0.478 e. The molecule has 0 aliphatic carbocycles. The van der Waals surface area contributed by atoms with Crippen LogP contribution >= 0.6 is 0 Å². The number of carbonyl (C=O) groups is 8. The van der Waals surface area contributed by atoms with Gasteiger partial charge in [-0.1, -0.05) is 36.4 Å². The van der Waals surface area contributed by atoms with Gasteiger partial charge in [0.05, 0.1) is 11.1 Å². The van der Waals surface area contributed by atoms with Crippen molar-refractivity contribution in [3.8, 4) is 0 Å². The molecule has 0 saturated carbocycles. The highest BCUT2D eigenvalue weighted by Gasteiger charge is 2.27. The van der Waals surface area contributed by atoms with Gasteiger partial charge in [0.15, 0.2) is 22.9 Å². The zero-order valence-electron chi connectivity index (χ0n) is 41.3. The molecule has 6 aromatic heterocycles. The number of H-pyrrole nitrogens is 2. The number of amides is 6. The van der Waals surface area contributed by atoms with Crippen LogP contribution in [0.25, 0.3) is 33.8 Å². The Morgan fingerprint density at radius 3 is 1.36 bits per heavy atom. The minimum absolute atomic E-state index is 0.0268. The Bertz CT molecular complexity index is 4290. The van der Waals surface area contributed by atoms with Gasteiger partial charge in [0.25, 0.3) is 35.2 Å². The van der Waals surface area contributed by atoms with Crippen molar-refractivity contribution in [1.29, 1.82) is 0 Å². The van der Waals surface area contributed by atoms with E-state index in [2.05, 4.69) is 61.6 Å². The Morgan fingerprint density at radius 2 is 0.938 bits per heavy atom. The number of nitrogens with zero attached hydrogens (tertiary/aromatic N) is 8. The van der Waals surface area contributed by atoms with Gasteiger partial charge in [-0.2, -0.15) is 0 Å². The van der Waals surface area contributed by atoms with Crippen molar-refractivity contribution in [2.24, 2.45) is 11.5 Å². The number of oxazole rings is 2. The van der Waals surface area contributed by atoms with Gasteiger partial charge in [0.1, 0.15) is 45.9 Å². The Balaban J connectivity index is 0.000000194. The van der Waals surface area contributed by atoms with Crippen molar-refractivity contribution in [3.63, 3.8) is 0 Å². The molecule has 4 aromatic carbocycles. The number of aromatic carboxylic acids is 2. The predicted molar refractivity (Wildman–Crippen MR) is 273 cm³/mol. The van der Waals surface area contributed by atoms with E-state index in [1.807, 2.05) is 0 Å². The Morgan fingerprint density at radius 1 is 0.537 bits per heavy atom. The molecule has 6 heterocycles. The van der Waals surface area contributed by atoms with Crippen LogP contribution in [-0.2, 0) is 22.7 Å². The number of carboxylic acid groups (broad SMARTS) is 2. The van der Waals surface area contributed by atoms with Gasteiger partial charge in [-0.15, -0.1) is 10.2 Å². The third-order valence-electron chi connectivity index (χ3n) is 11.8. The van der Waals surface area contributed by atoms with E-state index in [0.717, 1.165) is 26.5 Å². The third-order valence-corrected chi connectivity index (χ3v) is 11.8. The van der Waals surface area contributed by atoms with Crippen molar-refractivity contribution in [2.75, 3.05) is 0 Å². The second-order valence-electron chi connectivity index (χ2n) is 17.3. The predicted octanol–water partition coefficient (Wildman–Crippen LogP) is 0.904. The SMILES string of the molecule is Cc1nc2cc(CNC(=O)c3cc(C(=O)N[C@@H](C(N)=O)c4ccc(C(=O)O)cc4)n4c(=O)[nH]nc4n3)ccc2o1.Cc1nc2cc(CNC(=O)c3cc(C(=O)N[C@@H](C(N)=O)c4ccc(C(=O)O)cc4)nc4n[nH]c(=O)n34)ccc2o1. The molecule has 6 amide bonds. The van der Waals surface area contributed by atoms with Gasteiger partial charge < -0.3 is 51.8 Å². The number of benzene rings is 4. The third kappa shape index (κ3) is 11.3. The van der Waals surface area contributed by atoms with Crippen LogP contribution in [-0.4, -0.2) is 107 Å². The van der Waals surface area contributed by atoms with Gasteiger partial charge in [-0.3, -0.25) is 28.8 Å². The smallest absolute Gasteiger partial charge is 0.349 e. The van der Waals surface area contributed by atoms with Crippen LogP contribution in [0.15, 0.2) is 115 Å². The number of aromatic amines is 2. The first-order valence-corrected chi connectivity index (χ1v) is 23.3. The lowest BCUT2D eigenvalue weighted by Gasteiger charge is -2.17. The molecule has 0 spiro atoms. The molecule has 30 nitrogen and oxygen atoms in total. The number of nitrogens with two attached hydrogens (primary N) is 2. The monoisotopic (exact) mass is 1090 g/mol. The largest absolute Gasteiger partial charge is 0.478 e. The van der Waals surface area contributed by atoms with Crippen LogP contribution in [0, 0.1) is 13.8 Å². The first-order valence-electron chi connectivity index (χ1n) is 23.3. The quantitative estimate of drug-likeness (QED) is 0.0642. The van der Waals surface area contributed by atoms with Crippen molar-refractivity contribution in [1.82, 2.24) is 70.4 Å². The molecule has 404 valence electrons. The molecule has 0 unspecified atom stereocenters. The summed E-state index contributed by atoms with van der Waals surface area (Å²) in [5.41, 5.74) is 12.5. The maximum atomic E-state index is 13.3. The van der Waals surface area contributed by atoms with Crippen molar-refractivity contribution in [2.45, 2.75) is 39.0 Å². The lowest BCUT2D eigenvalue weighted by molar-refractivity contribution is -0.120. The van der Waals surface area contributed by atoms with Crippen molar-refractivity contribution in [3.05, 3.63) is 186 Å². The average molecular weight is 1090 g/mol. The van der Waals surface area contributed by atoms with E-state index in [1.54, 1.807) is 50.2 Å². The Hall–Kier alpha value is -11.7. The molecule has 0 radical (unpaired) electrons. The van der Waals surface area contributed by atoms with Gasteiger partial charge in [-0.25, -0.2) is 58.1 Å². The second-order valence-corrected chi connectivity index (χ2v) is 17.3. The fourth-order valence-corrected chi connectivity index (χ4v) is 8.02. The van der Waals surface area contributed by atoms with Crippen LogP contribution < -0.4 is 44.1 Å². The maximum absolute atomic E-state index is 13.3. The van der Waals surface area contributed by atoms with E-state index in [-0.39, 0.29) is 69.7 Å². The van der Waals surface area contributed by atoms with E-state index < -0.39 is 70.8 Å². The van der Waals surface area contributed by atoms with Gasteiger partial charge in [0.2, 0.25) is 11.8 Å². The van der Waals surface area contributed by atoms with Crippen LogP contribution in [0.1, 0.15) is 109 Å². The summed E-state index contributed by atoms with van der Waals surface area (Å²) in [5.74, 6) is -6.95. The summed E-state index contributed by atoms with van der Waals surface area (Å²) in [6, 6.07) is 20.2. The van der Waals surface area contributed by atoms with Gasteiger partial charge in [-0.05, 0) is 82.9 Å².